The van der Waals surface area contributed by atoms with Gasteiger partial charge in [-0.2, -0.15) is 0 Å². The zero-order chi connectivity index (χ0) is 16.2. The second-order valence-corrected chi connectivity index (χ2v) is 8.07. The van der Waals surface area contributed by atoms with Crippen molar-refractivity contribution in [2.24, 2.45) is 5.92 Å². The predicted molar refractivity (Wildman–Crippen MR) is 92.2 cm³/mol. The second-order valence-electron chi connectivity index (χ2n) is 6.82. The van der Waals surface area contributed by atoms with Gasteiger partial charge in [0.1, 0.15) is 5.60 Å². The lowest BCUT2D eigenvalue weighted by atomic mass is 9.67. The van der Waals surface area contributed by atoms with Gasteiger partial charge in [-0.15, -0.1) is 11.3 Å². The van der Waals surface area contributed by atoms with Gasteiger partial charge in [-0.05, 0) is 57.5 Å². The van der Waals surface area contributed by atoms with E-state index in [4.69, 9.17) is 0 Å². The van der Waals surface area contributed by atoms with Crippen LogP contribution in [0, 0.1) is 12.8 Å². The van der Waals surface area contributed by atoms with Crippen LogP contribution in [0.5, 0.6) is 0 Å². The largest absolute Gasteiger partial charge is 0.380 e. The number of carbonyl (C=O) groups excluding carboxylic acids is 1. The lowest BCUT2D eigenvalue weighted by Gasteiger charge is -2.43. The molecule has 2 aliphatic rings. The molecule has 120 valence electrons. The highest BCUT2D eigenvalue weighted by molar-refractivity contribution is 7.14. The maximum atomic E-state index is 12.8. The lowest BCUT2D eigenvalue weighted by molar-refractivity contribution is -0.0129. The first-order valence-electron chi connectivity index (χ1n) is 8.18. The summed E-state index contributed by atoms with van der Waals surface area (Å²) >= 11 is 1.51. The smallest absolute Gasteiger partial charge is 0.203 e. The Hall–Kier alpha value is -1.49. The van der Waals surface area contributed by atoms with Crippen LogP contribution in [0.4, 0.5) is 0 Å². The second kappa shape index (κ2) is 5.26. The van der Waals surface area contributed by atoms with E-state index in [-0.39, 0.29) is 11.7 Å². The number of fused-ring (bicyclic) bond motifs is 2. The third-order valence-corrected chi connectivity index (χ3v) is 6.41. The number of thiophene rings is 1. The Morgan fingerprint density at radius 1 is 1.22 bits per heavy atom. The number of likely N-dealkylation sites (tertiary alicyclic amines) is 1. The first-order chi connectivity index (χ1) is 11.0. The highest BCUT2D eigenvalue weighted by Gasteiger charge is 2.48. The molecule has 2 heterocycles. The van der Waals surface area contributed by atoms with Gasteiger partial charge >= 0.3 is 0 Å². The summed E-state index contributed by atoms with van der Waals surface area (Å²) in [5, 5.41) is 11.9. The molecule has 0 spiro atoms. The molecule has 1 aliphatic carbocycles. The van der Waals surface area contributed by atoms with Crippen molar-refractivity contribution < 1.29 is 9.90 Å². The standard InChI is InChI=1S/C19H21NO2S/c1-12-11-16-18(23-12)17(21)14-5-3-4-6-15(14)19(16,22)13-7-9-20(2)10-8-13/h3-6,11,13,22H,7-10H2,1-2H3/t19-/m0/s1. The third kappa shape index (κ3) is 2.12. The van der Waals surface area contributed by atoms with Gasteiger partial charge in [-0.25, -0.2) is 0 Å². The summed E-state index contributed by atoms with van der Waals surface area (Å²) in [5.74, 6) is 0.215. The summed E-state index contributed by atoms with van der Waals surface area (Å²) in [6.45, 7) is 3.99. The molecule has 0 amide bonds. The average molecular weight is 327 g/mol. The van der Waals surface area contributed by atoms with E-state index in [9.17, 15) is 9.90 Å². The summed E-state index contributed by atoms with van der Waals surface area (Å²) in [6.07, 6.45) is 1.90. The summed E-state index contributed by atoms with van der Waals surface area (Å²) in [7, 11) is 2.12. The molecule has 1 atom stereocenters. The van der Waals surface area contributed by atoms with Crippen molar-refractivity contribution in [3.8, 4) is 0 Å². The van der Waals surface area contributed by atoms with Gasteiger partial charge in [-0.3, -0.25) is 4.79 Å². The molecule has 1 aliphatic heterocycles. The van der Waals surface area contributed by atoms with Crippen molar-refractivity contribution in [3.63, 3.8) is 0 Å². The van der Waals surface area contributed by atoms with Crippen LogP contribution in [-0.2, 0) is 5.60 Å². The van der Waals surface area contributed by atoms with Gasteiger partial charge in [-0.1, -0.05) is 24.3 Å². The SMILES string of the molecule is Cc1cc2c(s1)C(=O)c1ccccc1[C@@]2(O)C1CCN(C)CC1. The molecule has 4 heteroatoms. The Morgan fingerprint density at radius 3 is 2.65 bits per heavy atom. The molecule has 1 saturated heterocycles. The molecular formula is C19H21NO2S. The van der Waals surface area contributed by atoms with Crippen molar-refractivity contribution in [1.82, 2.24) is 4.90 Å². The molecule has 2 aromatic rings. The molecule has 1 fully saturated rings. The molecular weight excluding hydrogens is 306 g/mol. The molecule has 1 aromatic carbocycles. The quantitative estimate of drug-likeness (QED) is 0.874. The van der Waals surface area contributed by atoms with Gasteiger partial charge in [0.2, 0.25) is 5.78 Å². The van der Waals surface area contributed by atoms with E-state index in [1.54, 1.807) is 0 Å². The van der Waals surface area contributed by atoms with Crippen LogP contribution < -0.4 is 0 Å². The zero-order valence-corrected chi connectivity index (χ0v) is 14.3. The number of rotatable bonds is 1. The summed E-state index contributed by atoms with van der Waals surface area (Å²) in [4.78, 5) is 17.0. The van der Waals surface area contributed by atoms with Gasteiger partial charge < -0.3 is 10.0 Å². The molecule has 4 rings (SSSR count). The Kier molecular flexibility index (Phi) is 3.45. The first-order valence-corrected chi connectivity index (χ1v) is 8.99. The van der Waals surface area contributed by atoms with E-state index in [0.717, 1.165) is 46.8 Å². The van der Waals surface area contributed by atoms with Gasteiger partial charge in [0.05, 0.1) is 4.88 Å². The number of carbonyl (C=O) groups is 1. The van der Waals surface area contributed by atoms with E-state index in [2.05, 4.69) is 11.9 Å². The predicted octanol–water partition coefficient (Wildman–Crippen LogP) is 3.18. The number of aryl methyl sites for hydroxylation is 1. The van der Waals surface area contributed by atoms with Crippen LogP contribution in [-0.4, -0.2) is 35.9 Å². The zero-order valence-electron chi connectivity index (χ0n) is 13.5. The minimum atomic E-state index is -1.04. The Balaban J connectivity index is 1.92. The lowest BCUT2D eigenvalue weighted by Crippen LogP contribution is -2.46. The number of benzene rings is 1. The summed E-state index contributed by atoms with van der Waals surface area (Å²) in [5.41, 5.74) is 1.26. The Morgan fingerprint density at radius 2 is 1.91 bits per heavy atom. The molecule has 1 N–H and O–H groups in total. The fourth-order valence-corrected chi connectivity index (χ4v) is 5.14. The number of ketones is 1. The van der Waals surface area contributed by atoms with E-state index in [1.807, 2.05) is 37.3 Å². The highest BCUT2D eigenvalue weighted by atomic mass is 32.1. The van der Waals surface area contributed by atoms with Crippen LogP contribution in [0.15, 0.2) is 30.3 Å². The molecule has 0 saturated carbocycles. The van der Waals surface area contributed by atoms with Gasteiger partial charge in [0, 0.05) is 16.0 Å². The molecule has 0 unspecified atom stereocenters. The monoisotopic (exact) mass is 327 g/mol. The minimum Gasteiger partial charge on any atom is -0.380 e. The average Bonchev–Trinajstić information content (AvgIpc) is 2.96. The van der Waals surface area contributed by atoms with E-state index < -0.39 is 5.60 Å². The number of hydrogen-bond acceptors (Lipinski definition) is 4. The molecule has 0 bridgehead atoms. The summed E-state index contributed by atoms with van der Waals surface area (Å²) in [6, 6.07) is 9.62. The minimum absolute atomic E-state index is 0.0614. The van der Waals surface area contributed by atoms with Gasteiger partial charge in [0.15, 0.2) is 0 Å². The van der Waals surface area contributed by atoms with Crippen LogP contribution in [0.1, 0.15) is 44.1 Å². The number of aliphatic hydroxyl groups is 1. The summed E-state index contributed by atoms with van der Waals surface area (Å²) < 4.78 is 0. The highest BCUT2D eigenvalue weighted by Crippen LogP contribution is 2.49. The van der Waals surface area contributed by atoms with Crippen molar-refractivity contribution in [3.05, 3.63) is 56.8 Å². The fourth-order valence-electron chi connectivity index (χ4n) is 4.11. The molecule has 1 aromatic heterocycles. The van der Waals surface area contributed by atoms with Crippen molar-refractivity contribution in [1.29, 1.82) is 0 Å². The maximum absolute atomic E-state index is 12.8. The number of nitrogens with zero attached hydrogens (tertiary/aromatic N) is 1. The van der Waals surface area contributed by atoms with E-state index in [0.29, 0.717) is 5.56 Å². The first kappa shape index (κ1) is 15.1. The number of piperidine rings is 1. The van der Waals surface area contributed by atoms with Crippen molar-refractivity contribution in [2.45, 2.75) is 25.4 Å². The van der Waals surface area contributed by atoms with Crippen LogP contribution in [0.25, 0.3) is 0 Å². The fraction of sp³-hybridized carbons (Fsp3) is 0.421. The van der Waals surface area contributed by atoms with Crippen molar-refractivity contribution >= 4 is 17.1 Å². The topological polar surface area (TPSA) is 40.5 Å². The van der Waals surface area contributed by atoms with Crippen LogP contribution >= 0.6 is 11.3 Å². The van der Waals surface area contributed by atoms with Gasteiger partial charge in [0.25, 0.3) is 0 Å². The Labute approximate surface area is 140 Å². The molecule has 23 heavy (non-hydrogen) atoms. The molecule has 3 nitrogen and oxygen atoms in total. The Bertz CT molecular complexity index is 773. The number of hydrogen-bond donors (Lipinski definition) is 1. The maximum Gasteiger partial charge on any atom is 0.203 e. The normalized spacial score (nSPS) is 25.3. The van der Waals surface area contributed by atoms with Crippen LogP contribution in [0.2, 0.25) is 0 Å². The van der Waals surface area contributed by atoms with Crippen molar-refractivity contribution in [2.75, 3.05) is 20.1 Å². The van der Waals surface area contributed by atoms with E-state index in [1.165, 1.54) is 11.3 Å². The van der Waals surface area contributed by atoms with Crippen LogP contribution in [0.3, 0.4) is 0 Å². The third-order valence-electron chi connectivity index (χ3n) is 5.36. The van der Waals surface area contributed by atoms with E-state index >= 15 is 0 Å². The molecule has 0 radical (unpaired) electrons.